The smallest absolute Gasteiger partial charge is 0.229 e. The van der Waals surface area contributed by atoms with Gasteiger partial charge in [-0.2, -0.15) is 9.29 Å². The zero-order valence-electron chi connectivity index (χ0n) is 18.8. The van der Waals surface area contributed by atoms with E-state index >= 15 is 0 Å². The molecule has 2 N–H and O–H groups in total. The molecule has 0 radical (unpaired) electrons. The number of sulfonamides is 1. The summed E-state index contributed by atoms with van der Waals surface area (Å²) in [5, 5.41) is 0. The number of nitrogen functional groups attached to an aromatic ring is 1. The fourth-order valence-corrected chi connectivity index (χ4v) is 6.81. The summed E-state index contributed by atoms with van der Waals surface area (Å²) in [6.45, 7) is 6.52. The first-order chi connectivity index (χ1) is 15.7. The van der Waals surface area contributed by atoms with E-state index in [1.807, 2.05) is 6.92 Å². The number of aromatic nitrogens is 4. The summed E-state index contributed by atoms with van der Waals surface area (Å²) in [4.78, 5) is 19.7. The molecule has 3 fully saturated rings. The minimum Gasteiger partial charge on any atom is -0.474 e. The third kappa shape index (κ3) is 4.34. The van der Waals surface area contributed by atoms with Crippen LogP contribution in [0.4, 0.5) is 11.9 Å². The Morgan fingerprint density at radius 1 is 1.21 bits per heavy atom. The molecule has 1 saturated carbocycles. The van der Waals surface area contributed by atoms with Crippen LogP contribution < -0.4 is 15.4 Å². The average molecular weight is 476 g/mol. The maximum atomic E-state index is 12.4. The van der Waals surface area contributed by atoms with Gasteiger partial charge >= 0.3 is 0 Å². The van der Waals surface area contributed by atoms with Crippen molar-refractivity contribution < 1.29 is 17.9 Å². The molecule has 0 aromatic carbocycles. The molecule has 4 heterocycles. The standard InChI is InChI=1S/C21H29N7O4S/c1-14-13-31-6-5-27(14)20-25-17(15-11-23-19(22)24-12-15)8-18(26-20)32-16-9-21(2,10-16)28-4-3-7-33(28,29)30/h8,11-12,14,16H,3-7,9-10,13H2,1-2H3,(H2,22,23,24)/t14-,16?,21?/m0/s1. The lowest BCUT2D eigenvalue weighted by molar-refractivity contribution is -0.0111. The third-order valence-electron chi connectivity index (χ3n) is 6.61. The Hall–Kier alpha value is -2.57. The Balaban J connectivity index is 1.39. The van der Waals surface area contributed by atoms with Crippen molar-refractivity contribution >= 4 is 21.9 Å². The zero-order chi connectivity index (χ0) is 23.2. The fraction of sp³-hybridized carbons (Fsp3) is 0.619. The van der Waals surface area contributed by atoms with Crippen LogP contribution in [-0.2, 0) is 14.8 Å². The molecule has 1 atom stereocenters. The molecule has 0 unspecified atom stereocenters. The molecule has 5 rings (SSSR count). The normalized spacial score (nSPS) is 29.6. The van der Waals surface area contributed by atoms with Crippen molar-refractivity contribution in [3.63, 3.8) is 0 Å². The number of morpholine rings is 1. The number of rotatable bonds is 5. The maximum absolute atomic E-state index is 12.4. The second-order valence-electron chi connectivity index (χ2n) is 9.23. The Labute approximate surface area is 193 Å². The van der Waals surface area contributed by atoms with Crippen molar-refractivity contribution in [3.8, 4) is 17.1 Å². The third-order valence-corrected chi connectivity index (χ3v) is 8.71. The molecule has 2 saturated heterocycles. The van der Waals surface area contributed by atoms with Gasteiger partial charge in [0.05, 0.1) is 30.7 Å². The molecule has 11 nitrogen and oxygen atoms in total. The van der Waals surface area contributed by atoms with Gasteiger partial charge in [0.25, 0.3) is 0 Å². The molecule has 0 bridgehead atoms. The second kappa shape index (κ2) is 8.33. The van der Waals surface area contributed by atoms with E-state index in [1.54, 1.807) is 22.8 Å². The molecule has 12 heteroatoms. The van der Waals surface area contributed by atoms with Crippen LogP contribution in [0.3, 0.4) is 0 Å². The predicted molar refractivity (Wildman–Crippen MR) is 122 cm³/mol. The van der Waals surface area contributed by atoms with Gasteiger partial charge in [-0.3, -0.25) is 0 Å². The van der Waals surface area contributed by atoms with Crippen LogP contribution in [0.5, 0.6) is 5.88 Å². The van der Waals surface area contributed by atoms with Crippen molar-refractivity contribution in [1.29, 1.82) is 0 Å². The van der Waals surface area contributed by atoms with E-state index in [0.717, 1.165) is 0 Å². The predicted octanol–water partition coefficient (Wildman–Crippen LogP) is 1.08. The zero-order valence-corrected chi connectivity index (χ0v) is 19.7. The van der Waals surface area contributed by atoms with Crippen molar-refractivity contribution in [3.05, 3.63) is 18.5 Å². The summed E-state index contributed by atoms with van der Waals surface area (Å²) in [5.74, 6) is 1.42. The van der Waals surface area contributed by atoms with Crippen molar-refractivity contribution in [2.45, 2.75) is 50.8 Å². The van der Waals surface area contributed by atoms with Gasteiger partial charge in [0.1, 0.15) is 6.10 Å². The van der Waals surface area contributed by atoms with Crippen molar-refractivity contribution in [1.82, 2.24) is 24.2 Å². The van der Waals surface area contributed by atoms with Gasteiger partial charge in [-0.05, 0) is 20.3 Å². The highest BCUT2D eigenvalue weighted by molar-refractivity contribution is 7.89. The molecule has 178 valence electrons. The van der Waals surface area contributed by atoms with Crippen LogP contribution in [-0.4, -0.2) is 82.4 Å². The molecule has 2 aromatic rings. The van der Waals surface area contributed by atoms with Crippen molar-refractivity contribution in [2.24, 2.45) is 0 Å². The summed E-state index contributed by atoms with van der Waals surface area (Å²) in [5.41, 5.74) is 6.58. The highest BCUT2D eigenvalue weighted by Crippen LogP contribution is 2.43. The minimum atomic E-state index is -3.17. The van der Waals surface area contributed by atoms with E-state index in [2.05, 4.69) is 26.8 Å². The number of hydrogen-bond acceptors (Lipinski definition) is 10. The number of ether oxygens (including phenoxy) is 2. The lowest BCUT2D eigenvalue weighted by Crippen LogP contribution is -2.59. The first kappa shape index (κ1) is 22.2. The highest BCUT2D eigenvalue weighted by atomic mass is 32.2. The van der Waals surface area contributed by atoms with E-state index in [-0.39, 0.29) is 23.8 Å². The SMILES string of the molecule is C[C@H]1COCCN1c1nc(OC2CC(C)(N3CCCS3(=O)=O)C2)cc(-c2cnc(N)nc2)n1. The Morgan fingerprint density at radius 3 is 2.64 bits per heavy atom. The van der Waals surface area contributed by atoms with Crippen LogP contribution in [0.1, 0.15) is 33.1 Å². The number of nitrogens with two attached hydrogens (primary N) is 1. The van der Waals surface area contributed by atoms with Crippen LogP contribution in [0, 0.1) is 0 Å². The average Bonchev–Trinajstić information content (AvgIpc) is 3.12. The Bertz CT molecular complexity index is 1120. The highest BCUT2D eigenvalue weighted by Gasteiger charge is 2.52. The topological polar surface area (TPSA) is 137 Å². The van der Waals surface area contributed by atoms with Gasteiger partial charge in [0.2, 0.25) is 27.8 Å². The quantitative estimate of drug-likeness (QED) is 0.668. The minimum absolute atomic E-state index is 0.119. The van der Waals surface area contributed by atoms with Crippen LogP contribution in [0.25, 0.3) is 11.3 Å². The molecule has 0 spiro atoms. The van der Waals surface area contributed by atoms with Crippen LogP contribution >= 0.6 is 0 Å². The Morgan fingerprint density at radius 2 is 1.97 bits per heavy atom. The van der Waals surface area contributed by atoms with Crippen molar-refractivity contribution in [2.75, 3.05) is 42.7 Å². The first-order valence-electron chi connectivity index (χ1n) is 11.2. The first-order valence-corrected chi connectivity index (χ1v) is 12.8. The van der Waals surface area contributed by atoms with E-state index < -0.39 is 15.6 Å². The van der Waals surface area contributed by atoms with Gasteiger partial charge in [0, 0.05) is 55.5 Å². The molecular weight excluding hydrogens is 446 g/mol. The molecule has 3 aliphatic rings. The van der Waals surface area contributed by atoms with Gasteiger partial charge in [-0.1, -0.05) is 0 Å². The molecular formula is C21H29N7O4S. The van der Waals surface area contributed by atoms with Crippen LogP contribution in [0.15, 0.2) is 18.5 Å². The summed E-state index contributed by atoms with van der Waals surface area (Å²) in [6, 6.07) is 1.89. The lowest BCUT2D eigenvalue weighted by atomic mass is 9.75. The molecule has 2 aliphatic heterocycles. The lowest BCUT2D eigenvalue weighted by Gasteiger charge is -2.49. The Kier molecular flexibility index (Phi) is 5.61. The van der Waals surface area contributed by atoms with Crippen LogP contribution in [0.2, 0.25) is 0 Å². The number of anilines is 2. The maximum Gasteiger partial charge on any atom is 0.229 e. The van der Waals surface area contributed by atoms with Gasteiger partial charge in [0.15, 0.2) is 0 Å². The summed E-state index contributed by atoms with van der Waals surface area (Å²) in [7, 11) is -3.17. The van der Waals surface area contributed by atoms with E-state index in [1.165, 1.54) is 0 Å². The molecule has 2 aromatic heterocycles. The van der Waals surface area contributed by atoms with E-state index in [0.29, 0.717) is 68.7 Å². The monoisotopic (exact) mass is 475 g/mol. The number of nitrogens with zero attached hydrogens (tertiary/aromatic N) is 6. The fourth-order valence-electron chi connectivity index (χ4n) is 4.87. The molecule has 0 amide bonds. The van der Waals surface area contributed by atoms with Gasteiger partial charge in [-0.15, -0.1) is 0 Å². The van der Waals surface area contributed by atoms with Gasteiger partial charge < -0.3 is 20.1 Å². The summed E-state index contributed by atoms with van der Waals surface area (Å²) < 4.78 is 38.2. The largest absolute Gasteiger partial charge is 0.474 e. The molecule has 33 heavy (non-hydrogen) atoms. The summed E-state index contributed by atoms with van der Waals surface area (Å²) >= 11 is 0. The summed E-state index contributed by atoms with van der Waals surface area (Å²) in [6.07, 6.45) is 5.06. The van der Waals surface area contributed by atoms with E-state index in [9.17, 15) is 8.42 Å². The van der Waals surface area contributed by atoms with E-state index in [4.69, 9.17) is 20.2 Å². The van der Waals surface area contributed by atoms with Gasteiger partial charge in [-0.25, -0.2) is 23.4 Å². The second-order valence-corrected chi connectivity index (χ2v) is 11.2. The molecule has 1 aliphatic carbocycles. The number of hydrogen-bond donors (Lipinski definition) is 1.